The Morgan fingerprint density at radius 3 is 1.17 bits per heavy atom. The molecule has 1 aromatic carbocycles. The first-order valence-electron chi connectivity index (χ1n) is 6.68. The number of rotatable bonds is 0. The number of allylic oxidation sites excluding steroid dienone is 1. The fourth-order valence-corrected chi connectivity index (χ4v) is 1.79. The van der Waals surface area contributed by atoms with Gasteiger partial charge in [-0.05, 0) is 35.8 Å². The molecular formula is C18H30. The van der Waals surface area contributed by atoms with Crippen LogP contribution in [0.2, 0.25) is 0 Å². The molecule has 0 heterocycles. The largest absolute Gasteiger partial charge is 0.100 e. The summed E-state index contributed by atoms with van der Waals surface area (Å²) in [5.41, 5.74) is 4.58. The second kappa shape index (κ2) is 6.22. The third-order valence-corrected chi connectivity index (χ3v) is 2.54. The molecule has 0 radical (unpaired) electrons. The highest BCUT2D eigenvalue weighted by Crippen LogP contribution is 2.33. The van der Waals surface area contributed by atoms with Gasteiger partial charge in [-0.3, -0.25) is 0 Å². The number of hydrogen-bond acceptors (Lipinski definition) is 0. The van der Waals surface area contributed by atoms with Gasteiger partial charge in [-0.25, -0.2) is 0 Å². The minimum absolute atomic E-state index is 0.240. The molecule has 0 unspecified atom stereocenters. The van der Waals surface area contributed by atoms with Crippen LogP contribution in [0.3, 0.4) is 0 Å². The van der Waals surface area contributed by atoms with E-state index in [4.69, 9.17) is 0 Å². The number of hydrogen-bond donors (Lipinski definition) is 0. The van der Waals surface area contributed by atoms with Crippen LogP contribution in [0.15, 0.2) is 36.4 Å². The van der Waals surface area contributed by atoms with Gasteiger partial charge in [-0.15, -0.1) is 6.58 Å². The third kappa shape index (κ3) is 6.05. The molecule has 0 bridgehead atoms. The molecule has 0 aromatic heterocycles. The third-order valence-electron chi connectivity index (χ3n) is 2.54. The van der Waals surface area contributed by atoms with E-state index in [-0.39, 0.29) is 10.8 Å². The lowest BCUT2D eigenvalue weighted by Crippen LogP contribution is -2.21. The van der Waals surface area contributed by atoms with Crippen LogP contribution in [0.5, 0.6) is 0 Å². The lowest BCUT2D eigenvalue weighted by molar-refractivity contribution is 0.530. The lowest BCUT2D eigenvalue weighted by Gasteiger charge is -2.29. The molecule has 0 spiro atoms. The van der Waals surface area contributed by atoms with Crippen LogP contribution >= 0.6 is 0 Å². The van der Waals surface area contributed by atoms with E-state index in [1.165, 1.54) is 16.7 Å². The first-order valence-corrected chi connectivity index (χ1v) is 6.68. The van der Waals surface area contributed by atoms with Crippen molar-refractivity contribution in [3.05, 3.63) is 47.5 Å². The van der Waals surface area contributed by atoms with Crippen molar-refractivity contribution in [1.82, 2.24) is 0 Å². The van der Waals surface area contributed by atoms with Gasteiger partial charge in [0.05, 0.1) is 0 Å². The Morgan fingerprint density at radius 1 is 0.778 bits per heavy atom. The average Bonchev–Trinajstić information content (AvgIpc) is 2.14. The Morgan fingerprint density at radius 2 is 1.00 bits per heavy atom. The highest BCUT2D eigenvalue weighted by atomic mass is 14.3. The van der Waals surface area contributed by atoms with E-state index >= 15 is 0 Å². The summed E-state index contributed by atoms with van der Waals surface area (Å²) in [5, 5.41) is 0. The Bertz CT molecular complexity index is 346. The summed E-state index contributed by atoms with van der Waals surface area (Å²) in [5.74, 6) is 0. The fraction of sp³-hybridized carbons (Fsp3) is 0.556. The lowest BCUT2D eigenvalue weighted by atomic mass is 9.75. The molecule has 0 nitrogen and oxygen atoms in total. The molecule has 0 atom stereocenters. The van der Waals surface area contributed by atoms with Gasteiger partial charge in [0.15, 0.2) is 0 Å². The summed E-state index contributed by atoms with van der Waals surface area (Å²) in [6.07, 6.45) is 0. The van der Waals surface area contributed by atoms with Gasteiger partial charge in [-0.2, -0.15) is 0 Å². The Hall–Kier alpha value is -1.04. The smallest absolute Gasteiger partial charge is 0.0129 e. The molecule has 0 amide bonds. The summed E-state index contributed by atoms with van der Waals surface area (Å²) in [6.45, 7) is 21.2. The van der Waals surface area contributed by atoms with E-state index in [9.17, 15) is 0 Å². The maximum atomic E-state index is 3.56. The molecule has 0 aliphatic carbocycles. The molecule has 0 fully saturated rings. The van der Waals surface area contributed by atoms with Gasteiger partial charge in [0.2, 0.25) is 0 Å². The van der Waals surface area contributed by atoms with Crippen molar-refractivity contribution < 1.29 is 0 Å². The van der Waals surface area contributed by atoms with Crippen molar-refractivity contribution in [2.45, 2.75) is 66.2 Å². The van der Waals surface area contributed by atoms with E-state index in [0.29, 0.717) is 0 Å². The van der Waals surface area contributed by atoms with Crippen LogP contribution in [-0.2, 0) is 10.8 Å². The van der Waals surface area contributed by atoms with E-state index < -0.39 is 0 Å². The SMILES string of the molecule is C=C(C)C.CC(C)(C)c1ccccc1C(C)(C)C. The first kappa shape index (κ1) is 17.0. The van der Waals surface area contributed by atoms with Crippen LogP contribution in [0, 0.1) is 0 Å². The van der Waals surface area contributed by atoms with Crippen molar-refractivity contribution in [3.8, 4) is 0 Å². The number of benzene rings is 1. The predicted octanol–water partition coefficient (Wildman–Crippen LogP) is 5.86. The molecule has 0 saturated heterocycles. The minimum atomic E-state index is 0.240. The zero-order valence-corrected chi connectivity index (χ0v) is 13.5. The second-order valence-electron chi connectivity index (χ2n) is 7.25. The van der Waals surface area contributed by atoms with Crippen molar-refractivity contribution >= 4 is 0 Å². The summed E-state index contributed by atoms with van der Waals surface area (Å²) in [7, 11) is 0. The van der Waals surface area contributed by atoms with Gasteiger partial charge >= 0.3 is 0 Å². The minimum Gasteiger partial charge on any atom is -0.100 e. The van der Waals surface area contributed by atoms with Gasteiger partial charge in [-0.1, -0.05) is 71.4 Å². The van der Waals surface area contributed by atoms with Crippen molar-refractivity contribution in [1.29, 1.82) is 0 Å². The summed E-state index contributed by atoms with van der Waals surface area (Å²) >= 11 is 0. The topological polar surface area (TPSA) is 0 Å². The van der Waals surface area contributed by atoms with Gasteiger partial charge in [0.1, 0.15) is 0 Å². The maximum Gasteiger partial charge on any atom is -0.0129 e. The van der Waals surface area contributed by atoms with Crippen LogP contribution in [-0.4, -0.2) is 0 Å². The zero-order valence-electron chi connectivity index (χ0n) is 13.5. The van der Waals surface area contributed by atoms with Gasteiger partial charge in [0, 0.05) is 0 Å². The molecule has 0 aliphatic rings. The molecule has 1 rings (SSSR count). The highest BCUT2D eigenvalue weighted by molar-refractivity contribution is 5.37. The van der Waals surface area contributed by atoms with Crippen molar-refractivity contribution in [2.24, 2.45) is 0 Å². The van der Waals surface area contributed by atoms with E-state index in [1.54, 1.807) is 0 Å². The van der Waals surface area contributed by atoms with Crippen LogP contribution in [0.25, 0.3) is 0 Å². The highest BCUT2D eigenvalue weighted by Gasteiger charge is 2.23. The summed E-state index contributed by atoms with van der Waals surface area (Å²) in [6, 6.07) is 8.77. The first-order chi connectivity index (χ1) is 7.96. The van der Waals surface area contributed by atoms with Crippen LogP contribution in [0.1, 0.15) is 66.5 Å². The Balaban J connectivity index is 0.000000631. The van der Waals surface area contributed by atoms with E-state index in [0.717, 1.165) is 0 Å². The normalized spacial score (nSPS) is 11.6. The monoisotopic (exact) mass is 246 g/mol. The average molecular weight is 246 g/mol. The molecule has 18 heavy (non-hydrogen) atoms. The van der Waals surface area contributed by atoms with Gasteiger partial charge < -0.3 is 0 Å². The standard InChI is InChI=1S/C14H22.C4H8/c1-13(2,3)11-9-7-8-10-12(11)14(4,5)6;1-4(2)3/h7-10H,1-6H3;1H2,2-3H3. The molecule has 0 saturated carbocycles. The molecule has 0 N–H and O–H groups in total. The molecular weight excluding hydrogens is 216 g/mol. The molecule has 0 heteroatoms. The predicted molar refractivity (Wildman–Crippen MR) is 84.3 cm³/mol. The maximum absolute atomic E-state index is 3.56. The zero-order chi connectivity index (χ0) is 14.6. The quantitative estimate of drug-likeness (QED) is 0.503. The summed E-state index contributed by atoms with van der Waals surface area (Å²) < 4.78 is 0. The fourth-order valence-electron chi connectivity index (χ4n) is 1.79. The van der Waals surface area contributed by atoms with Crippen molar-refractivity contribution in [2.75, 3.05) is 0 Å². The summed E-state index contributed by atoms with van der Waals surface area (Å²) in [4.78, 5) is 0. The van der Waals surface area contributed by atoms with Gasteiger partial charge in [0.25, 0.3) is 0 Å². The Labute approximate surface area is 114 Å². The van der Waals surface area contributed by atoms with E-state index in [1.807, 2.05) is 13.8 Å². The molecule has 0 aliphatic heterocycles. The second-order valence-corrected chi connectivity index (χ2v) is 7.25. The molecule has 102 valence electrons. The van der Waals surface area contributed by atoms with E-state index in [2.05, 4.69) is 72.4 Å². The molecule has 1 aromatic rings. The van der Waals surface area contributed by atoms with Crippen LogP contribution < -0.4 is 0 Å². The Kier molecular flexibility index (Phi) is 5.86. The van der Waals surface area contributed by atoms with Crippen LogP contribution in [0.4, 0.5) is 0 Å². The van der Waals surface area contributed by atoms with Crippen molar-refractivity contribution in [3.63, 3.8) is 0 Å².